The Hall–Kier alpha value is -1.13. The summed E-state index contributed by atoms with van der Waals surface area (Å²) in [6.45, 7) is 0. The molecule has 0 bridgehead atoms. The topological polar surface area (TPSA) is 37.4 Å². The third kappa shape index (κ3) is 1.85. The van der Waals surface area contributed by atoms with Gasteiger partial charge in [0.2, 0.25) is 5.91 Å². The molecule has 2 unspecified atom stereocenters. The quantitative estimate of drug-likeness (QED) is 0.587. The van der Waals surface area contributed by atoms with Gasteiger partial charge in [-0.05, 0) is 31.0 Å². The van der Waals surface area contributed by atoms with Crippen LogP contribution in [0.5, 0.6) is 0 Å². The number of carbonyl (C=O) groups is 2. The first-order chi connectivity index (χ1) is 9.45. The molecule has 106 valence electrons. The Morgan fingerprint density at radius 2 is 2.05 bits per heavy atom. The van der Waals surface area contributed by atoms with E-state index in [1.165, 1.54) is 12.1 Å². The van der Waals surface area contributed by atoms with Crippen molar-refractivity contribution in [2.45, 2.75) is 30.6 Å². The zero-order valence-corrected chi connectivity index (χ0v) is 12.0. The number of alkyl halides is 1. The highest BCUT2D eigenvalue weighted by Gasteiger charge is 2.59. The molecule has 1 aliphatic carbocycles. The van der Waals surface area contributed by atoms with Crippen LogP contribution in [0.15, 0.2) is 18.2 Å². The van der Waals surface area contributed by atoms with Gasteiger partial charge >= 0.3 is 0 Å². The zero-order valence-electron chi connectivity index (χ0n) is 10.5. The first kappa shape index (κ1) is 13.8. The minimum Gasteiger partial charge on any atom is -0.274 e. The minimum absolute atomic E-state index is 0.0705. The fourth-order valence-electron chi connectivity index (χ4n) is 3.04. The van der Waals surface area contributed by atoms with Crippen molar-refractivity contribution in [2.75, 3.05) is 4.90 Å². The van der Waals surface area contributed by atoms with E-state index < -0.39 is 28.4 Å². The molecular formula is C14H12Cl2FNO2. The first-order valence-corrected chi connectivity index (χ1v) is 7.23. The van der Waals surface area contributed by atoms with Crippen molar-refractivity contribution in [1.82, 2.24) is 0 Å². The van der Waals surface area contributed by atoms with Crippen LogP contribution in [0, 0.1) is 11.7 Å². The number of carbonyl (C=O) groups excluding carboxylic acids is 2. The number of anilines is 1. The second-order valence-corrected chi connectivity index (χ2v) is 6.35. The number of hydrogen-bond acceptors (Lipinski definition) is 2. The molecule has 3 rings (SSSR count). The lowest BCUT2D eigenvalue weighted by molar-refractivity contribution is -0.122. The van der Waals surface area contributed by atoms with Gasteiger partial charge in [0.25, 0.3) is 5.91 Å². The predicted octanol–water partition coefficient (Wildman–Crippen LogP) is 3.52. The van der Waals surface area contributed by atoms with Gasteiger partial charge in [0, 0.05) is 5.02 Å². The highest BCUT2D eigenvalue weighted by atomic mass is 35.5. The van der Waals surface area contributed by atoms with Gasteiger partial charge in [0.1, 0.15) is 10.7 Å². The predicted molar refractivity (Wildman–Crippen MR) is 74.4 cm³/mol. The van der Waals surface area contributed by atoms with E-state index in [1.54, 1.807) is 0 Å². The third-order valence-electron chi connectivity index (χ3n) is 4.06. The molecule has 1 heterocycles. The summed E-state index contributed by atoms with van der Waals surface area (Å²) in [6.07, 6.45) is 2.68. The van der Waals surface area contributed by atoms with E-state index in [0.29, 0.717) is 12.8 Å². The summed E-state index contributed by atoms with van der Waals surface area (Å²) in [5, 5.41) is 0.211. The van der Waals surface area contributed by atoms with E-state index in [9.17, 15) is 14.0 Å². The fourth-order valence-corrected chi connectivity index (χ4v) is 3.62. The molecule has 1 aromatic rings. The van der Waals surface area contributed by atoms with Gasteiger partial charge in [0.15, 0.2) is 0 Å². The van der Waals surface area contributed by atoms with Crippen LogP contribution in [-0.2, 0) is 9.59 Å². The standard InChI is InChI=1S/C14H12Cl2FNO2/c15-8-4-5-11(10(17)7-8)18-12(19)9-3-1-2-6-14(9,16)13(18)20/h4-5,7,9H,1-3,6H2. The lowest BCUT2D eigenvalue weighted by Gasteiger charge is -2.28. The van der Waals surface area contributed by atoms with Gasteiger partial charge in [-0.3, -0.25) is 9.59 Å². The Morgan fingerprint density at radius 3 is 2.70 bits per heavy atom. The Kier molecular flexibility index (Phi) is 3.26. The van der Waals surface area contributed by atoms with Crippen LogP contribution in [0.25, 0.3) is 0 Å². The highest BCUT2D eigenvalue weighted by Crippen LogP contribution is 2.47. The lowest BCUT2D eigenvalue weighted by Crippen LogP contribution is -2.40. The summed E-state index contributed by atoms with van der Waals surface area (Å²) in [5.41, 5.74) is -0.0705. The molecule has 1 aliphatic heterocycles. The van der Waals surface area contributed by atoms with Crippen molar-refractivity contribution >= 4 is 40.7 Å². The average Bonchev–Trinajstić information content (AvgIpc) is 2.59. The van der Waals surface area contributed by atoms with Gasteiger partial charge in [-0.15, -0.1) is 11.6 Å². The molecule has 6 heteroatoms. The molecule has 2 aliphatic rings. The Balaban J connectivity index is 2.06. The number of benzene rings is 1. The Bertz CT molecular complexity index is 607. The van der Waals surface area contributed by atoms with E-state index in [4.69, 9.17) is 23.2 Å². The maximum atomic E-state index is 14.0. The molecule has 0 spiro atoms. The van der Waals surface area contributed by atoms with Gasteiger partial charge in [0.05, 0.1) is 11.6 Å². The molecule has 2 atom stereocenters. The smallest absolute Gasteiger partial charge is 0.255 e. The molecular weight excluding hydrogens is 304 g/mol. The molecule has 2 fully saturated rings. The number of nitrogens with zero attached hydrogens (tertiary/aromatic N) is 1. The molecule has 3 nitrogen and oxygen atoms in total. The number of imide groups is 1. The minimum atomic E-state index is -1.21. The van der Waals surface area contributed by atoms with Gasteiger partial charge in [-0.1, -0.05) is 24.4 Å². The van der Waals surface area contributed by atoms with E-state index in [1.807, 2.05) is 0 Å². The monoisotopic (exact) mass is 315 g/mol. The maximum absolute atomic E-state index is 14.0. The second kappa shape index (κ2) is 4.71. The van der Waals surface area contributed by atoms with Crippen molar-refractivity contribution in [3.05, 3.63) is 29.0 Å². The van der Waals surface area contributed by atoms with Gasteiger partial charge in [-0.25, -0.2) is 9.29 Å². The van der Waals surface area contributed by atoms with Gasteiger partial charge in [-0.2, -0.15) is 0 Å². The summed E-state index contributed by atoms with van der Waals surface area (Å²) in [7, 11) is 0. The van der Waals surface area contributed by atoms with E-state index in [2.05, 4.69) is 0 Å². The second-order valence-electron chi connectivity index (χ2n) is 5.24. The maximum Gasteiger partial charge on any atom is 0.255 e. The number of rotatable bonds is 1. The molecule has 0 radical (unpaired) electrons. The number of amides is 2. The molecule has 0 N–H and O–H groups in total. The molecule has 0 aromatic heterocycles. The van der Waals surface area contributed by atoms with Crippen LogP contribution in [0.1, 0.15) is 25.7 Å². The lowest BCUT2D eigenvalue weighted by atomic mass is 9.80. The van der Waals surface area contributed by atoms with Crippen LogP contribution in [0.3, 0.4) is 0 Å². The van der Waals surface area contributed by atoms with Crippen LogP contribution in [0.2, 0.25) is 5.02 Å². The Morgan fingerprint density at radius 1 is 1.30 bits per heavy atom. The van der Waals surface area contributed by atoms with Crippen LogP contribution >= 0.6 is 23.2 Å². The van der Waals surface area contributed by atoms with Crippen LogP contribution in [-0.4, -0.2) is 16.7 Å². The molecule has 20 heavy (non-hydrogen) atoms. The van der Waals surface area contributed by atoms with E-state index >= 15 is 0 Å². The summed E-state index contributed by atoms with van der Waals surface area (Å²) in [4.78, 5) is 24.6. The average molecular weight is 316 g/mol. The number of fused-ring (bicyclic) bond motifs is 1. The highest BCUT2D eigenvalue weighted by molar-refractivity contribution is 6.45. The normalized spacial score (nSPS) is 29.8. The third-order valence-corrected chi connectivity index (χ3v) is 4.91. The van der Waals surface area contributed by atoms with Crippen molar-refractivity contribution in [1.29, 1.82) is 0 Å². The Labute approximate surface area is 125 Å². The van der Waals surface area contributed by atoms with Crippen molar-refractivity contribution < 1.29 is 14.0 Å². The molecule has 1 saturated carbocycles. The molecule has 2 amide bonds. The number of halogens is 3. The summed E-state index contributed by atoms with van der Waals surface area (Å²) in [6, 6.07) is 3.87. The fraction of sp³-hybridized carbons (Fsp3) is 0.429. The molecule has 1 aromatic carbocycles. The van der Waals surface area contributed by atoms with Crippen LogP contribution < -0.4 is 4.90 Å². The summed E-state index contributed by atoms with van der Waals surface area (Å²) in [5.74, 6) is -2.18. The van der Waals surface area contributed by atoms with Gasteiger partial charge < -0.3 is 0 Å². The van der Waals surface area contributed by atoms with E-state index in [-0.39, 0.29) is 10.7 Å². The van der Waals surface area contributed by atoms with Crippen molar-refractivity contribution in [2.24, 2.45) is 5.92 Å². The summed E-state index contributed by atoms with van der Waals surface area (Å²) < 4.78 is 14.0. The first-order valence-electron chi connectivity index (χ1n) is 6.47. The van der Waals surface area contributed by atoms with Crippen molar-refractivity contribution in [3.63, 3.8) is 0 Å². The van der Waals surface area contributed by atoms with Crippen molar-refractivity contribution in [3.8, 4) is 0 Å². The van der Waals surface area contributed by atoms with Crippen LogP contribution in [0.4, 0.5) is 10.1 Å². The molecule has 1 saturated heterocycles. The number of hydrogen-bond donors (Lipinski definition) is 0. The van der Waals surface area contributed by atoms with E-state index in [0.717, 1.165) is 23.8 Å². The zero-order chi connectivity index (χ0) is 14.5. The SMILES string of the molecule is O=C1C2CCCCC2(Cl)C(=O)N1c1ccc(Cl)cc1F. The summed E-state index contributed by atoms with van der Waals surface area (Å²) >= 11 is 12.1. The largest absolute Gasteiger partial charge is 0.274 e.